The lowest BCUT2D eigenvalue weighted by atomic mass is 10.1. The maximum Gasteiger partial charge on any atom is 0.357 e. The van der Waals surface area contributed by atoms with Gasteiger partial charge in [-0.3, -0.25) is 9.59 Å². The van der Waals surface area contributed by atoms with Crippen molar-refractivity contribution in [1.29, 1.82) is 5.26 Å². The largest absolute Gasteiger partial charge is 0.476 e. The van der Waals surface area contributed by atoms with Gasteiger partial charge in [0.25, 0.3) is 5.56 Å². The highest BCUT2D eigenvalue weighted by atomic mass is 19.1. The summed E-state index contributed by atoms with van der Waals surface area (Å²) >= 11 is 0. The maximum absolute atomic E-state index is 13.2. The van der Waals surface area contributed by atoms with Crippen LogP contribution in [0.5, 0.6) is 0 Å². The summed E-state index contributed by atoms with van der Waals surface area (Å²) in [7, 11) is 0. The number of carboxylic acids is 1. The molecule has 1 heterocycles. The van der Waals surface area contributed by atoms with Gasteiger partial charge in [0.1, 0.15) is 12.4 Å². The van der Waals surface area contributed by atoms with Crippen LogP contribution >= 0.6 is 0 Å². The molecule has 3 rings (SSSR count). The fraction of sp³-hybridized carbons (Fsp3) is 0.150. The Morgan fingerprint density at radius 2 is 1.79 bits per heavy atom. The van der Waals surface area contributed by atoms with Crippen LogP contribution in [0.2, 0.25) is 0 Å². The van der Waals surface area contributed by atoms with Crippen molar-refractivity contribution >= 4 is 28.3 Å². The quantitative estimate of drug-likeness (QED) is 0.685. The Bertz CT molecular complexity index is 1180. The first-order chi connectivity index (χ1) is 13.9. The standard InChI is InChI=1S/C20H15FN4O4/c21-13-6-8-14(9-7-13)24(11-3-10-22)17(26)12-25-19(27)16-5-2-1-4-15(16)18(23-25)20(28)29/h1-2,4-9H,3,11-12H2,(H,28,29). The van der Waals surface area contributed by atoms with E-state index in [1.54, 1.807) is 12.1 Å². The molecule has 0 fully saturated rings. The summed E-state index contributed by atoms with van der Waals surface area (Å²) in [5.41, 5.74) is -0.615. The molecule has 9 heteroatoms. The molecule has 0 aliphatic heterocycles. The Hall–Kier alpha value is -4.06. The van der Waals surface area contributed by atoms with Crippen molar-refractivity contribution in [1.82, 2.24) is 9.78 Å². The number of anilines is 1. The van der Waals surface area contributed by atoms with Gasteiger partial charge >= 0.3 is 5.97 Å². The molecule has 0 saturated carbocycles. The minimum atomic E-state index is -1.33. The average molecular weight is 394 g/mol. The van der Waals surface area contributed by atoms with Gasteiger partial charge in [0.15, 0.2) is 5.69 Å². The number of aromatic carboxylic acids is 1. The molecule has 0 aliphatic carbocycles. The molecule has 0 saturated heterocycles. The number of carbonyl (C=O) groups excluding carboxylic acids is 1. The number of amides is 1. The van der Waals surface area contributed by atoms with Gasteiger partial charge in [-0.05, 0) is 30.3 Å². The van der Waals surface area contributed by atoms with Gasteiger partial charge < -0.3 is 10.0 Å². The number of fused-ring (bicyclic) bond motifs is 1. The molecule has 1 N–H and O–H groups in total. The summed E-state index contributed by atoms with van der Waals surface area (Å²) in [6, 6.07) is 13.1. The second-order valence-corrected chi connectivity index (χ2v) is 6.09. The van der Waals surface area contributed by atoms with Crippen molar-refractivity contribution in [3.63, 3.8) is 0 Å². The van der Waals surface area contributed by atoms with Gasteiger partial charge in [-0.1, -0.05) is 18.2 Å². The summed E-state index contributed by atoms with van der Waals surface area (Å²) in [6.45, 7) is -0.512. The van der Waals surface area contributed by atoms with E-state index in [1.807, 2.05) is 6.07 Å². The maximum atomic E-state index is 13.2. The lowest BCUT2D eigenvalue weighted by molar-refractivity contribution is -0.119. The predicted molar refractivity (Wildman–Crippen MR) is 102 cm³/mol. The first-order valence-corrected chi connectivity index (χ1v) is 8.58. The van der Waals surface area contributed by atoms with Crippen LogP contribution in [-0.4, -0.2) is 33.3 Å². The van der Waals surface area contributed by atoms with Crippen molar-refractivity contribution in [2.45, 2.75) is 13.0 Å². The number of hydrogen-bond acceptors (Lipinski definition) is 5. The summed E-state index contributed by atoms with van der Waals surface area (Å²) in [5, 5.41) is 22.4. The van der Waals surface area contributed by atoms with Crippen LogP contribution in [-0.2, 0) is 11.3 Å². The minimum absolute atomic E-state index is 0.0174. The molecule has 0 aliphatic rings. The Labute approximate surface area is 164 Å². The molecular formula is C20H15FN4O4. The highest BCUT2D eigenvalue weighted by Crippen LogP contribution is 2.17. The van der Waals surface area contributed by atoms with Crippen molar-refractivity contribution in [3.05, 3.63) is 70.4 Å². The van der Waals surface area contributed by atoms with Crippen molar-refractivity contribution in [2.24, 2.45) is 0 Å². The van der Waals surface area contributed by atoms with E-state index in [-0.39, 0.29) is 29.4 Å². The topological polar surface area (TPSA) is 116 Å². The first kappa shape index (κ1) is 19.7. The number of aromatic nitrogens is 2. The van der Waals surface area contributed by atoms with E-state index in [2.05, 4.69) is 5.10 Å². The minimum Gasteiger partial charge on any atom is -0.476 e. The van der Waals surface area contributed by atoms with Gasteiger partial charge in [0.2, 0.25) is 5.91 Å². The molecule has 146 valence electrons. The fourth-order valence-corrected chi connectivity index (χ4v) is 2.89. The van der Waals surface area contributed by atoms with Gasteiger partial charge in [0, 0.05) is 17.6 Å². The zero-order chi connectivity index (χ0) is 21.0. The molecule has 0 radical (unpaired) electrons. The summed E-state index contributed by atoms with van der Waals surface area (Å²) in [5.74, 6) is -2.41. The number of rotatable bonds is 6. The Balaban J connectivity index is 2.01. The second-order valence-electron chi connectivity index (χ2n) is 6.09. The smallest absolute Gasteiger partial charge is 0.357 e. The molecule has 0 bridgehead atoms. The summed E-state index contributed by atoms with van der Waals surface area (Å²) in [4.78, 5) is 38.3. The van der Waals surface area contributed by atoms with E-state index in [1.165, 1.54) is 41.3 Å². The zero-order valence-electron chi connectivity index (χ0n) is 15.1. The van der Waals surface area contributed by atoms with Gasteiger partial charge in [-0.25, -0.2) is 13.9 Å². The van der Waals surface area contributed by atoms with Crippen molar-refractivity contribution in [2.75, 3.05) is 11.4 Å². The van der Waals surface area contributed by atoms with Gasteiger partial charge in [0.05, 0.1) is 17.9 Å². The van der Waals surface area contributed by atoms with E-state index < -0.39 is 29.8 Å². The van der Waals surface area contributed by atoms with Crippen LogP contribution in [0.1, 0.15) is 16.9 Å². The predicted octanol–water partition coefficient (Wildman–Crippen LogP) is 2.18. The molecule has 1 aromatic heterocycles. The van der Waals surface area contributed by atoms with E-state index in [0.29, 0.717) is 5.69 Å². The molecule has 0 spiro atoms. The number of hydrogen-bond donors (Lipinski definition) is 1. The van der Waals surface area contributed by atoms with Crippen LogP contribution in [0.4, 0.5) is 10.1 Å². The third kappa shape index (κ3) is 4.11. The van der Waals surface area contributed by atoms with Crippen molar-refractivity contribution in [3.8, 4) is 6.07 Å². The highest BCUT2D eigenvalue weighted by Gasteiger charge is 2.20. The first-order valence-electron chi connectivity index (χ1n) is 8.58. The molecule has 0 atom stereocenters. The van der Waals surface area contributed by atoms with E-state index in [0.717, 1.165) is 4.68 Å². The third-order valence-electron chi connectivity index (χ3n) is 4.24. The number of nitrogens with zero attached hydrogens (tertiary/aromatic N) is 4. The van der Waals surface area contributed by atoms with Crippen LogP contribution in [0, 0.1) is 17.1 Å². The molecule has 29 heavy (non-hydrogen) atoms. The van der Waals surface area contributed by atoms with Crippen molar-refractivity contribution < 1.29 is 19.1 Å². The molecule has 1 amide bonds. The molecule has 8 nitrogen and oxygen atoms in total. The number of carboxylic acid groups (broad SMARTS) is 1. The number of carbonyl (C=O) groups is 2. The van der Waals surface area contributed by atoms with Crippen LogP contribution in [0.3, 0.4) is 0 Å². The highest BCUT2D eigenvalue weighted by molar-refractivity contribution is 6.01. The Kier molecular flexibility index (Phi) is 5.64. The SMILES string of the molecule is N#CCCN(C(=O)Cn1nc(C(=O)O)c2ccccc2c1=O)c1ccc(F)cc1. The third-order valence-corrected chi connectivity index (χ3v) is 4.24. The number of nitriles is 1. The number of halogens is 1. The monoisotopic (exact) mass is 394 g/mol. The second kappa shape index (κ2) is 8.31. The van der Waals surface area contributed by atoms with E-state index >= 15 is 0 Å². The molecular weight excluding hydrogens is 379 g/mol. The van der Waals surface area contributed by atoms with Gasteiger partial charge in [-0.2, -0.15) is 10.4 Å². The lowest BCUT2D eigenvalue weighted by Gasteiger charge is -2.22. The zero-order valence-corrected chi connectivity index (χ0v) is 15.1. The van der Waals surface area contributed by atoms with Gasteiger partial charge in [-0.15, -0.1) is 0 Å². The normalized spacial score (nSPS) is 10.5. The molecule has 0 unspecified atom stereocenters. The van der Waals surface area contributed by atoms with E-state index in [9.17, 15) is 23.9 Å². The summed E-state index contributed by atoms with van der Waals surface area (Å²) in [6.07, 6.45) is 0.0174. The van der Waals surface area contributed by atoms with Crippen LogP contribution in [0.25, 0.3) is 10.8 Å². The van der Waals surface area contributed by atoms with Crippen LogP contribution in [0.15, 0.2) is 53.3 Å². The van der Waals surface area contributed by atoms with Crippen LogP contribution < -0.4 is 10.5 Å². The summed E-state index contributed by atoms with van der Waals surface area (Å²) < 4.78 is 14.0. The van der Waals surface area contributed by atoms with E-state index in [4.69, 9.17) is 5.26 Å². The number of benzene rings is 2. The Morgan fingerprint density at radius 3 is 2.41 bits per heavy atom. The fourth-order valence-electron chi connectivity index (χ4n) is 2.89. The average Bonchev–Trinajstić information content (AvgIpc) is 2.71. The Morgan fingerprint density at radius 1 is 1.14 bits per heavy atom. The molecule has 2 aromatic carbocycles. The lowest BCUT2D eigenvalue weighted by Crippen LogP contribution is -2.38. The molecule has 3 aromatic rings.